The standard InChI is InChI=1S/C22H26F2N6O3/c1-22(2,32)18(24)11-27-21(31)16-10-25-19(7-17(16)29-15-4-3-5-33-12-15)30-20-13(8-28-30)6-14(23)9-26-20/h6-10,15,18,32H,3-5,11-12H2,1-2H3,(H,25,29)(H,27,31). The first kappa shape index (κ1) is 23.0. The Labute approximate surface area is 189 Å². The van der Waals surface area contributed by atoms with E-state index >= 15 is 0 Å². The number of hydrogen-bond acceptors (Lipinski definition) is 7. The number of nitrogens with one attached hydrogen (secondary N) is 2. The number of nitrogens with zero attached hydrogens (tertiary/aromatic N) is 4. The number of halogens is 2. The lowest BCUT2D eigenvalue weighted by atomic mass is 10.0. The quantitative estimate of drug-likeness (QED) is 0.496. The van der Waals surface area contributed by atoms with Gasteiger partial charge in [-0.15, -0.1) is 0 Å². The molecule has 2 unspecified atom stereocenters. The van der Waals surface area contributed by atoms with E-state index in [-0.39, 0.29) is 18.2 Å². The fraction of sp³-hybridized carbons (Fsp3) is 0.455. The Kier molecular flexibility index (Phi) is 6.52. The first-order chi connectivity index (χ1) is 15.7. The molecule has 1 fully saturated rings. The number of amides is 1. The van der Waals surface area contributed by atoms with E-state index in [1.807, 2.05) is 0 Å². The number of pyridine rings is 2. The molecule has 0 aliphatic carbocycles. The van der Waals surface area contributed by atoms with Crippen LogP contribution < -0.4 is 10.6 Å². The number of ether oxygens (including phenoxy) is 1. The van der Waals surface area contributed by atoms with E-state index in [2.05, 4.69) is 25.7 Å². The highest BCUT2D eigenvalue weighted by Gasteiger charge is 2.27. The molecule has 0 saturated carbocycles. The summed E-state index contributed by atoms with van der Waals surface area (Å²) in [6.45, 7) is 3.49. The highest BCUT2D eigenvalue weighted by atomic mass is 19.1. The van der Waals surface area contributed by atoms with Crippen LogP contribution in [0.4, 0.5) is 14.5 Å². The van der Waals surface area contributed by atoms with Gasteiger partial charge in [-0.05, 0) is 32.8 Å². The first-order valence-corrected chi connectivity index (χ1v) is 10.7. The average molecular weight is 460 g/mol. The Bertz CT molecular complexity index is 1140. The van der Waals surface area contributed by atoms with E-state index in [1.165, 1.54) is 37.0 Å². The number of aromatic nitrogens is 4. The molecule has 0 aromatic carbocycles. The molecule has 11 heteroatoms. The molecular formula is C22H26F2N6O3. The second-order valence-electron chi connectivity index (χ2n) is 8.60. The van der Waals surface area contributed by atoms with Crippen molar-refractivity contribution in [2.45, 2.75) is 44.5 Å². The highest BCUT2D eigenvalue weighted by Crippen LogP contribution is 2.24. The summed E-state index contributed by atoms with van der Waals surface area (Å²) in [6, 6.07) is 2.94. The maximum absolute atomic E-state index is 14.1. The van der Waals surface area contributed by atoms with Crippen LogP contribution in [-0.2, 0) is 4.74 Å². The van der Waals surface area contributed by atoms with Gasteiger partial charge in [-0.25, -0.2) is 18.7 Å². The molecule has 4 rings (SSSR count). The van der Waals surface area contributed by atoms with Crippen molar-refractivity contribution in [1.29, 1.82) is 0 Å². The minimum Gasteiger partial charge on any atom is -0.387 e. The zero-order valence-electron chi connectivity index (χ0n) is 18.4. The second-order valence-corrected chi connectivity index (χ2v) is 8.60. The molecule has 2 atom stereocenters. The predicted molar refractivity (Wildman–Crippen MR) is 118 cm³/mol. The third kappa shape index (κ3) is 5.25. The van der Waals surface area contributed by atoms with Gasteiger partial charge in [-0.3, -0.25) is 4.79 Å². The SMILES string of the molecule is CC(C)(O)C(F)CNC(=O)c1cnc(-n2ncc3cc(F)cnc32)cc1NC1CCCOC1. The molecule has 0 bridgehead atoms. The van der Waals surface area contributed by atoms with E-state index in [4.69, 9.17) is 4.74 Å². The lowest BCUT2D eigenvalue weighted by molar-refractivity contribution is -0.00177. The Morgan fingerprint density at radius 3 is 2.88 bits per heavy atom. The number of aliphatic hydroxyl groups is 1. The topological polar surface area (TPSA) is 114 Å². The summed E-state index contributed by atoms with van der Waals surface area (Å²) in [5.74, 6) is -0.635. The van der Waals surface area contributed by atoms with Crippen LogP contribution >= 0.6 is 0 Å². The normalized spacial score (nSPS) is 17.7. The predicted octanol–water partition coefficient (Wildman–Crippen LogP) is 2.38. The summed E-state index contributed by atoms with van der Waals surface area (Å²) in [5, 5.41) is 20.4. The summed E-state index contributed by atoms with van der Waals surface area (Å²) in [6.07, 6.45) is 4.04. The Hall–Kier alpha value is -3.18. The van der Waals surface area contributed by atoms with Gasteiger partial charge in [-0.1, -0.05) is 0 Å². The van der Waals surface area contributed by atoms with E-state index in [9.17, 15) is 18.7 Å². The van der Waals surface area contributed by atoms with E-state index < -0.39 is 23.5 Å². The maximum atomic E-state index is 14.1. The second kappa shape index (κ2) is 9.36. The van der Waals surface area contributed by atoms with Gasteiger partial charge >= 0.3 is 0 Å². The number of rotatable bonds is 7. The minimum atomic E-state index is -1.64. The molecule has 1 amide bonds. The lowest BCUT2D eigenvalue weighted by Crippen LogP contribution is -2.42. The zero-order chi connectivity index (χ0) is 23.6. The van der Waals surface area contributed by atoms with E-state index in [0.29, 0.717) is 35.8 Å². The van der Waals surface area contributed by atoms with Gasteiger partial charge in [0.15, 0.2) is 11.5 Å². The average Bonchev–Trinajstić information content (AvgIpc) is 3.20. The molecular weight excluding hydrogens is 434 g/mol. The van der Waals surface area contributed by atoms with Crippen molar-refractivity contribution in [3.8, 4) is 5.82 Å². The van der Waals surface area contributed by atoms with Crippen LogP contribution in [0.15, 0.2) is 30.7 Å². The van der Waals surface area contributed by atoms with Gasteiger partial charge in [0.2, 0.25) is 0 Å². The van der Waals surface area contributed by atoms with Gasteiger partial charge in [0, 0.05) is 30.3 Å². The van der Waals surface area contributed by atoms with Crippen molar-refractivity contribution >= 4 is 22.6 Å². The molecule has 3 N–H and O–H groups in total. The molecule has 0 spiro atoms. The Morgan fingerprint density at radius 2 is 2.15 bits per heavy atom. The summed E-state index contributed by atoms with van der Waals surface area (Å²) in [5.41, 5.74) is -0.484. The fourth-order valence-electron chi connectivity index (χ4n) is 3.52. The van der Waals surface area contributed by atoms with Crippen LogP contribution in [-0.4, -0.2) is 68.3 Å². The van der Waals surface area contributed by atoms with Crippen molar-refractivity contribution in [2.24, 2.45) is 0 Å². The third-order valence-electron chi connectivity index (χ3n) is 5.45. The lowest BCUT2D eigenvalue weighted by Gasteiger charge is -2.26. The minimum absolute atomic E-state index is 0.0209. The molecule has 176 valence electrons. The van der Waals surface area contributed by atoms with Crippen LogP contribution in [0.1, 0.15) is 37.0 Å². The maximum Gasteiger partial charge on any atom is 0.255 e. The number of hydrogen-bond donors (Lipinski definition) is 3. The molecule has 1 saturated heterocycles. The first-order valence-electron chi connectivity index (χ1n) is 10.7. The highest BCUT2D eigenvalue weighted by molar-refractivity contribution is 5.99. The Morgan fingerprint density at radius 1 is 1.33 bits per heavy atom. The van der Waals surface area contributed by atoms with Crippen LogP contribution in [0.2, 0.25) is 0 Å². The zero-order valence-corrected chi connectivity index (χ0v) is 18.4. The summed E-state index contributed by atoms with van der Waals surface area (Å²) in [4.78, 5) is 21.3. The Balaban J connectivity index is 1.64. The van der Waals surface area contributed by atoms with Gasteiger partial charge in [0.05, 0.1) is 42.4 Å². The third-order valence-corrected chi connectivity index (χ3v) is 5.45. The number of fused-ring (bicyclic) bond motifs is 1. The van der Waals surface area contributed by atoms with E-state index in [1.54, 1.807) is 6.07 Å². The van der Waals surface area contributed by atoms with Crippen LogP contribution in [0.3, 0.4) is 0 Å². The largest absolute Gasteiger partial charge is 0.387 e. The molecule has 3 aromatic heterocycles. The molecule has 9 nitrogen and oxygen atoms in total. The summed E-state index contributed by atoms with van der Waals surface area (Å²) >= 11 is 0. The summed E-state index contributed by atoms with van der Waals surface area (Å²) in [7, 11) is 0. The molecule has 33 heavy (non-hydrogen) atoms. The molecule has 1 aliphatic heterocycles. The van der Waals surface area contributed by atoms with Crippen molar-refractivity contribution in [1.82, 2.24) is 25.1 Å². The van der Waals surface area contributed by atoms with E-state index in [0.717, 1.165) is 19.0 Å². The molecule has 3 aromatic rings. The van der Waals surface area contributed by atoms with Gasteiger partial charge in [0.1, 0.15) is 12.0 Å². The van der Waals surface area contributed by atoms with Crippen LogP contribution in [0.5, 0.6) is 0 Å². The van der Waals surface area contributed by atoms with Gasteiger partial charge in [0.25, 0.3) is 5.91 Å². The van der Waals surface area contributed by atoms with Crippen LogP contribution in [0, 0.1) is 5.82 Å². The van der Waals surface area contributed by atoms with Crippen molar-refractivity contribution in [3.63, 3.8) is 0 Å². The molecule has 0 radical (unpaired) electrons. The number of carbonyl (C=O) groups excluding carboxylic acids is 1. The van der Waals surface area contributed by atoms with Gasteiger partial charge in [-0.2, -0.15) is 9.78 Å². The smallest absolute Gasteiger partial charge is 0.255 e. The number of alkyl halides is 1. The van der Waals surface area contributed by atoms with Crippen molar-refractivity contribution in [2.75, 3.05) is 25.1 Å². The van der Waals surface area contributed by atoms with Crippen molar-refractivity contribution < 1.29 is 23.4 Å². The fourth-order valence-corrected chi connectivity index (χ4v) is 3.52. The van der Waals surface area contributed by atoms with Crippen LogP contribution in [0.25, 0.3) is 16.9 Å². The number of carbonyl (C=O) groups is 1. The molecule has 4 heterocycles. The summed E-state index contributed by atoms with van der Waals surface area (Å²) < 4.78 is 34.6. The monoisotopic (exact) mass is 460 g/mol. The number of anilines is 1. The molecule has 1 aliphatic rings. The van der Waals surface area contributed by atoms with Gasteiger partial charge < -0.3 is 20.5 Å². The van der Waals surface area contributed by atoms with Crippen molar-refractivity contribution in [3.05, 3.63) is 42.1 Å².